The van der Waals surface area contributed by atoms with Crippen LogP contribution in [0.5, 0.6) is 0 Å². The number of nitrogens with two attached hydrogens (primary N) is 1. The summed E-state index contributed by atoms with van der Waals surface area (Å²) >= 11 is 0. The van der Waals surface area contributed by atoms with Gasteiger partial charge in [0.05, 0.1) is 0 Å². The van der Waals surface area contributed by atoms with Crippen LogP contribution in [0.4, 0.5) is 0 Å². The van der Waals surface area contributed by atoms with E-state index >= 15 is 0 Å². The lowest BCUT2D eigenvalue weighted by molar-refractivity contribution is 0.191. The second kappa shape index (κ2) is 4.24. The Morgan fingerprint density at radius 1 is 1.56 bits per heavy atom. The molecule has 0 aromatic carbocycles. The first-order valence-corrected chi connectivity index (χ1v) is 6.23. The summed E-state index contributed by atoms with van der Waals surface area (Å²) in [4.78, 5) is 2.45. The molecule has 2 rings (SSSR count). The van der Waals surface area contributed by atoms with Gasteiger partial charge in [0.2, 0.25) is 0 Å². The van der Waals surface area contributed by atoms with Crippen molar-refractivity contribution in [2.45, 2.75) is 45.1 Å². The molecule has 2 fully saturated rings. The lowest BCUT2D eigenvalue weighted by Crippen LogP contribution is -2.37. The van der Waals surface area contributed by atoms with Crippen LogP contribution in [-0.4, -0.2) is 35.6 Å². The van der Waals surface area contributed by atoms with E-state index in [0.29, 0.717) is 17.3 Å². The van der Waals surface area contributed by atoms with E-state index in [0.717, 1.165) is 18.9 Å². The first-order chi connectivity index (χ1) is 7.56. The maximum absolute atomic E-state index is 8.62. The molecule has 92 valence electrons. The zero-order chi connectivity index (χ0) is 11.8. The topological polar surface area (TPSA) is 61.8 Å². The van der Waals surface area contributed by atoms with E-state index in [4.69, 9.17) is 10.9 Å². The van der Waals surface area contributed by atoms with Crippen LogP contribution in [0.15, 0.2) is 5.16 Å². The van der Waals surface area contributed by atoms with Gasteiger partial charge < -0.3 is 15.8 Å². The Morgan fingerprint density at radius 2 is 2.19 bits per heavy atom. The highest BCUT2D eigenvalue weighted by Gasteiger charge is 2.45. The molecule has 2 saturated carbocycles. The lowest BCUT2D eigenvalue weighted by Gasteiger charge is -2.29. The van der Waals surface area contributed by atoms with Gasteiger partial charge in [-0.05, 0) is 51.0 Å². The summed E-state index contributed by atoms with van der Waals surface area (Å²) in [5, 5.41) is 11.7. The molecule has 0 aliphatic heterocycles. The molecule has 2 aliphatic rings. The van der Waals surface area contributed by atoms with E-state index < -0.39 is 0 Å². The van der Waals surface area contributed by atoms with Gasteiger partial charge in [0.15, 0.2) is 0 Å². The SMILES string of the molecule is CC(C1CC1)N(C)CC1(CC(N)=NO)CC1. The smallest absolute Gasteiger partial charge is 0.139 e. The van der Waals surface area contributed by atoms with Crippen molar-refractivity contribution in [1.82, 2.24) is 4.90 Å². The summed E-state index contributed by atoms with van der Waals surface area (Å²) in [5.41, 5.74) is 5.90. The van der Waals surface area contributed by atoms with Crippen molar-refractivity contribution in [2.75, 3.05) is 13.6 Å². The van der Waals surface area contributed by atoms with Crippen LogP contribution in [0.25, 0.3) is 0 Å². The number of amidine groups is 1. The molecule has 0 aromatic rings. The number of hydrogen-bond acceptors (Lipinski definition) is 3. The van der Waals surface area contributed by atoms with Crippen molar-refractivity contribution in [3.8, 4) is 0 Å². The molecular formula is C12H23N3O. The fourth-order valence-corrected chi connectivity index (χ4v) is 2.60. The van der Waals surface area contributed by atoms with E-state index in [1.165, 1.54) is 25.7 Å². The molecule has 0 spiro atoms. The molecule has 0 heterocycles. The normalized spacial score (nSPS) is 25.8. The maximum atomic E-state index is 8.62. The molecule has 4 nitrogen and oxygen atoms in total. The Labute approximate surface area is 97.5 Å². The third-order valence-corrected chi connectivity index (χ3v) is 4.23. The molecule has 2 aliphatic carbocycles. The molecule has 0 amide bonds. The van der Waals surface area contributed by atoms with Crippen LogP contribution < -0.4 is 5.73 Å². The Morgan fingerprint density at radius 3 is 2.62 bits per heavy atom. The van der Waals surface area contributed by atoms with Gasteiger partial charge in [-0.25, -0.2) is 0 Å². The van der Waals surface area contributed by atoms with Gasteiger partial charge in [-0.2, -0.15) is 0 Å². The summed E-state index contributed by atoms with van der Waals surface area (Å²) in [6.07, 6.45) is 5.94. The molecule has 3 N–H and O–H groups in total. The largest absolute Gasteiger partial charge is 0.409 e. The standard InChI is InChI=1S/C12H23N3O/c1-9(10-3-4-10)15(2)8-12(5-6-12)7-11(13)14-16/h9-10,16H,3-8H2,1-2H3,(H2,13,14). The predicted molar refractivity (Wildman–Crippen MR) is 64.5 cm³/mol. The third kappa shape index (κ3) is 2.67. The van der Waals surface area contributed by atoms with Crippen LogP contribution in [-0.2, 0) is 0 Å². The minimum Gasteiger partial charge on any atom is -0.409 e. The van der Waals surface area contributed by atoms with E-state index in [-0.39, 0.29) is 0 Å². The maximum Gasteiger partial charge on any atom is 0.139 e. The van der Waals surface area contributed by atoms with Crippen LogP contribution in [0.2, 0.25) is 0 Å². The van der Waals surface area contributed by atoms with E-state index in [2.05, 4.69) is 24.0 Å². The molecule has 0 bridgehead atoms. The quantitative estimate of drug-likeness (QED) is 0.312. The second-order valence-electron chi connectivity index (χ2n) is 5.76. The van der Waals surface area contributed by atoms with Gasteiger partial charge in [0.1, 0.15) is 5.84 Å². The Balaban J connectivity index is 1.83. The molecular weight excluding hydrogens is 202 g/mol. The van der Waals surface area contributed by atoms with Gasteiger partial charge >= 0.3 is 0 Å². The minimum atomic E-state index is 0.300. The predicted octanol–water partition coefficient (Wildman–Crippen LogP) is 1.63. The van der Waals surface area contributed by atoms with Crippen molar-refractivity contribution in [1.29, 1.82) is 0 Å². The average Bonchev–Trinajstić information content (AvgIpc) is 3.10. The Hall–Kier alpha value is -0.770. The van der Waals surface area contributed by atoms with Crippen molar-refractivity contribution in [2.24, 2.45) is 22.2 Å². The first kappa shape index (κ1) is 11.7. The molecule has 0 radical (unpaired) electrons. The summed E-state index contributed by atoms with van der Waals surface area (Å²) in [5.74, 6) is 1.29. The molecule has 16 heavy (non-hydrogen) atoms. The van der Waals surface area contributed by atoms with Crippen LogP contribution in [0.1, 0.15) is 39.0 Å². The number of rotatable bonds is 6. The summed E-state index contributed by atoms with van der Waals surface area (Å²) in [7, 11) is 2.20. The van der Waals surface area contributed by atoms with Gasteiger partial charge in [-0.3, -0.25) is 0 Å². The van der Waals surface area contributed by atoms with Crippen molar-refractivity contribution in [3.05, 3.63) is 0 Å². The van der Waals surface area contributed by atoms with Crippen molar-refractivity contribution >= 4 is 5.84 Å². The third-order valence-electron chi connectivity index (χ3n) is 4.23. The Bertz CT molecular complexity index is 282. The highest BCUT2D eigenvalue weighted by atomic mass is 16.4. The molecule has 1 unspecified atom stereocenters. The fourth-order valence-electron chi connectivity index (χ4n) is 2.60. The summed E-state index contributed by atoms with van der Waals surface area (Å²) in [6, 6.07) is 0.685. The minimum absolute atomic E-state index is 0.300. The van der Waals surface area contributed by atoms with E-state index in [1.54, 1.807) is 0 Å². The average molecular weight is 225 g/mol. The van der Waals surface area contributed by atoms with E-state index in [9.17, 15) is 0 Å². The molecule has 1 atom stereocenters. The van der Waals surface area contributed by atoms with Crippen LogP contribution in [0, 0.1) is 11.3 Å². The highest BCUT2D eigenvalue weighted by Crippen LogP contribution is 2.50. The molecule has 4 heteroatoms. The second-order valence-corrected chi connectivity index (χ2v) is 5.76. The zero-order valence-corrected chi connectivity index (χ0v) is 10.3. The summed E-state index contributed by atoms with van der Waals surface area (Å²) in [6.45, 7) is 3.40. The van der Waals surface area contributed by atoms with Crippen molar-refractivity contribution in [3.63, 3.8) is 0 Å². The van der Waals surface area contributed by atoms with Gasteiger partial charge in [0, 0.05) is 19.0 Å². The number of nitrogens with zero attached hydrogens (tertiary/aromatic N) is 2. The van der Waals surface area contributed by atoms with E-state index in [1.807, 2.05) is 0 Å². The van der Waals surface area contributed by atoms with Gasteiger partial charge in [-0.1, -0.05) is 5.16 Å². The molecule has 0 saturated heterocycles. The van der Waals surface area contributed by atoms with Gasteiger partial charge in [0.25, 0.3) is 0 Å². The Kier molecular flexibility index (Phi) is 3.10. The lowest BCUT2D eigenvalue weighted by atomic mass is 10.00. The first-order valence-electron chi connectivity index (χ1n) is 6.23. The number of oxime groups is 1. The summed E-state index contributed by atoms with van der Waals surface area (Å²) < 4.78 is 0. The van der Waals surface area contributed by atoms with Crippen LogP contribution >= 0.6 is 0 Å². The highest BCUT2D eigenvalue weighted by molar-refractivity contribution is 5.80. The zero-order valence-electron chi connectivity index (χ0n) is 10.3. The monoisotopic (exact) mass is 225 g/mol. The van der Waals surface area contributed by atoms with Crippen molar-refractivity contribution < 1.29 is 5.21 Å². The van der Waals surface area contributed by atoms with Gasteiger partial charge in [-0.15, -0.1) is 0 Å². The number of hydrogen-bond donors (Lipinski definition) is 2. The van der Waals surface area contributed by atoms with Crippen LogP contribution in [0.3, 0.4) is 0 Å². The fraction of sp³-hybridized carbons (Fsp3) is 0.917. The molecule has 0 aromatic heterocycles.